The van der Waals surface area contributed by atoms with Gasteiger partial charge in [-0.05, 0) is 45.8 Å². The van der Waals surface area contributed by atoms with Crippen LogP contribution in [-0.4, -0.2) is 82.4 Å². The van der Waals surface area contributed by atoms with Crippen LogP contribution in [0.2, 0.25) is 45.8 Å². The summed E-state index contributed by atoms with van der Waals surface area (Å²) in [4.78, 5) is 0. The van der Waals surface area contributed by atoms with Crippen LogP contribution >= 0.6 is 0 Å². The van der Waals surface area contributed by atoms with E-state index < -0.39 is 82.4 Å². The molecule has 0 aliphatic rings. The van der Waals surface area contributed by atoms with Crippen molar-refractivity contribution in [2.75, 3.05) is 0 Å². The lowest BCUT2D eigenvalue weighted by atomic mass is 11.8. The standard InChI is InChI=1S/C7H24O7Si9.O2Si/c1-16(14-23(5,6)7)18(9)20(11)21(12)19(10)17(8)15-13-22(2,3)4;1-3-2/h16H,15H2,1-7H3;. The van der Waals surface area contributed by atoms with Crippen LogP contribution < -0.4 is 0 Å². The summed E-state index contributed by atoms with van der Waals surface area (Å²) in [6, 6.07) is 0. The van der Waals surface area contributed by atoms with Gasteiger partial charge in [0.05, 0.1) is 0 Å². The third-order valence-electron chi connectivity index (χ3n) is 2.43. The van der Waals surface area contributed by atoms with E-state index in [0.717, 1.165) is 0 Å². The first kappa shape index (κ1) is 28.9. The Morgan fingerprint density at radius 1 is 0.808 bits per heavy atom. The first-order valence-corrected chi connectivity index (χ1v) is 32.6. The molecule has 0 spiro atoms. The van der Waals surface area contributed by atoms with Crippen molar-refractivity contribution in [1.29, 1.82) is 0 Å². The summed E-state index contributed by atoms with van der Waals surface area (Å²) in [7, 11) is -23.1. The van der Waals surface area contributed by atoms with E-state index in [-0.39, 0.29) is 0 Å². The van der Waals surface area contributed by atoms with Gasteiger partial charge in [0.1, 0.15) is 0 Å². The van der Waals surface area contributed by atoms with E-state index >= 15 is 0 Å². The Morgan fingerprint density at radius 2 is 1.23 bits per heavy atom. The average Bonchev–Trinajstić information content (AvgIpc) is 2.47. The molecule has 0 saturated carbocycles. The molecule has 19 heteroatoms. The molecule has 1 unspecified atom stereocenters. The van der Waals surface area contributed by atoms with Gasteiger partial charge in [-0.1, -0.05) is 0 Å². The molecule has 0 aromatic carbocycles. The first-order chi connectivity index (χ1) is 11.6. The van der Waals surface area contributed by atoms with Crippen LogP contribution in [-0.2, 0) is 39.5 Å². The van der Waals surface area contributed by atoms with Crippen LogP contribution in [0.3, 0.4) is 0 Å². The largest absolute Gasteiger partial charge is 0.549 e. The summed E-state index contributed by atoms with van der Waals surface area (Å²) < 4.78 is 88.9. The fourth-order valence-corrected chi connectivity index (χ4v) is 77.1. The molecule has 0 aliphatic carbocycles. The van der Waals surface area contributed by atoms with Gasteiger partial charge in [-0.3, -0.25) is 8.92 Å². The molecule has 0 saturated heterocycles. The summed E-state index contributed by atoms with van der Waals surface area (Å²) in [5.41, 5.74) is 0. The molecule has 0 bridgehead atoms. The second-order valence-electron chi connectivity index (χ2n) is 7.13. The van der Waals surface area contributed by atoms with Crippen LogP contribution in [0, 0.1) is 0 Å². The van der Waals surface area contributed by atoms with Crippen LogP contribution in [0.25, 0.3) is 0 Å². The second-order valence-corrected chi connectivity index (χ2v) is 49.5. The van der Waals surface area contributed by atoms with Gasteiger partial charge < -0.3 is 30.5 Å². The van der Waals surface area contributed by atoms with Crippen LogP contribution in [0.4, 0.5) is 0 Å². The molecule has 0 fully saturated rings. The van der Waals surface area contributed by atoms with Gasteiger partial charge >= 0.3 is 47.9 Å². The maximum Gasteiger partial charge on any atom is 0.549 e. The van der Waals surface area contributed by atoms with Gasteiger partial charge in [0, 0.05) is 0 Å². The summed E-state index contributed by atoms with van der Waals surface area (Å²) in [5.74, 6) is 0. The number of rotatable bonds is 10. The molecule has 146 valence electrons. The Labute approximate surface area is 167 Å². The van der Waals surface area contributed by atoms with E-state index in [4.69, 9.17) is 17.2 Å². The third-order valence-corrected chi connectivity index (χ3v) is 57.6. The molecule has 1 atom stereocenters. The first-order valence-electron chi connectivity index (χ1n) is 7.58. The highest BCUT2D eigenvalue weighted by atomic mass is 30.0. The van der Waals surface area contributed by atoms with E-state index in [2.05, 4.69) is 0 Å². The maximum absolute atomic E-state index is 12.3. The Hall–Kier alpha value is 0.689. The highest BCUT2D eigenvalue weighted by Crippen LogP contribution is 2.05. The molecule has 0 aromatic rings. The van der Waals surface area contributed by atoms with Crippen molar-refractivity contribution >= 4 is 82.4 Å². The maximum atomic E-state index is 12.3. The highest BCUT2D eigenvalue weighted by Gasteiger charge is 2.44. The van der Waals surface area contributed by atoms with Gasteiger partial charge in [0.15, 0.2) is 16.6 Å². The van der Waals surface area contributed by atoms with Crippen molar-refractivity contribution in [1.82, 2.24) is 0 Å². The van der Waals surface area contributed by atoms with Crippen LogP contribution in [0.1, 0.15) is 0 Å². The summed E-state index contributed by atoms with van der Waals surface area (Å²) in [5, 5.41) is 0. The van der Waals surface area contributed by atoms with Crippen molar-refractivity contribution in [3.63, 3.8) is 0 Å². The normalized spacial score (nSPS) is 12.6. The fourth-order valence-electron chi connectivity index (χ4n) is 1.46. The Morgan fingerprint density at radius 3 is 1.58 bits per heavy atom. The monoisotopic (exact) mass is 532 g/mol. The van der Waals surface area contributed by atoms with Gasteiger partial charge in [-0.2, -0.15) is 0 Å². The topological polar surface area (TPSA) is 138 Å². The van der Waals surface area contributed by atoms with E-state index in [0.29, 0.717) is 0 Å². The van der Waals surface area contributed by atoms with Crippen LogP contribution in [0.5, 0.6) is 0 Å². The summed E-state index contributed by atoms with van der Waals surface area (Å²) in [6.45, 7) is 13.3. The molecule has 0 radical (unpaired) electrons. The zero-order valence-electron chi connectivity index (χ0n) is 16.0. The zero-order chi connectivity index (χ0) is 21.3. The lowest BCUT2D eigenvalue weighted by molar-refractivity contribution is 0.497. The van der Waals surface area contributed by atoms with Crippen molar-refractivity contribution < 1.29 is 39.5 Å². The molecular formula is C7H24O9Si10. The van der Waals surface area contributed by atoms with Crippen LogP contribution in [0.15, 0.2) is 0 Å². The molecule has 0 amide bonds. The van der Waals surface area contributed by atoms with Crippen molar-refractivity contribution in [3.05, 3.63) is 0 Å². The predicted octanol–water partition coefficient (Wildman–Crippen LogP) is -1.49. The third kappa shape index (κ3) is 13.8. The summed E-state index contributed by atoms with van der Waals surface area (Å²) >= 11 is 0. The van der Waals surface area contributed by atoms with Gasteiger partial charge in [-0.25, -0.2) is 0 Å². The molecule has 9 nitrogen and oxygen atoms in total. The predicted molar refractivity (Wildman–Crippen MR) is 110 cm³/mol. The number of hydrogen-bond acceptors (Lipinski definition) is 9. The van der Waals surface area contributed by atoms with Gasteiger partial charge in [0.2, 0.25) is 17.8 Å². The quantitative estimate of drug-likeness (QED) is 0.308. The van der Waals surface area contributed by atoms with Gasteiger partial charge in [0.25, 0.3) is 0 Å². The minimum atomic E-state index is -3.06. The fraction of sp³-hybridized carbons (Fsp3) is 1.00. The molecule has 0 heterocycles. The highest BCUT2D eigenvalue weighted by molar-refractivity contribution is 7.70. The lowest BCUT2D eigenvalue weighted by Crippen LogP contribution is -2.52. The smallest absolute Gasteiger partial charge is 0.457 e. The SMILES string of the molecule is C[SiH](O[Si](C)(C)C)[Si](=O)[Si](=O)[Si](=O)[Si](=O)[Si](=O)[SiH2]O[Si](C)(C)C.O=[Si]=O. The Kier molecular flexibility index (Phi) is 14.5. The van der Waals surface area contributed by atoms with Crippen molar-refractivity contribution in [2.45, 2.75) is 45.8 Å². The Bertz CT molecular complexity index is 613. The average molecular weight is 533 g/mol. The molecular weight excluding hydrogens is 509 g/mol. The van der Waals surface area contributed by atoms with Gasteiger partial charge in [-0.15, -0.1) is 0 Å². The van der Waals surface area contributed by atoms with E-state index in [1.165, 1.54) is 0 Å². The van der Waals surface area contributed by atoms with Crippen molar-refractivity contribution in [2.24, 2.45) is 0 Å². The van der Waals surface area contributed by atoms with E-state index in [1.54, 1.807) is 6.55 Å². The molecule has 26 heavy (non-hydrogen) atoms. The minimum absolute atomic E-state index is 1.42. The molecule has 0 aromatic heterocycles. The second kappa shape index (κ2) is 13.0. The lowest BCUT2D eigenvalue weighted by Gasteiger charge is -2.20. The van der Waals surface area contributed by atoms with E-state index in [9.17, 15) is 22.3 Å². The molecule has 0 rings (SSSR count). The molecule has 0 N–H and O–H groups in total. The minimum Gasteiger partial charge on any atom is -0.457 e. The summed E-state index contributed by atoms with van der Waals surface area (Å²) in [6.07, 6.45) is 0. The van der Waals surface area contributed by atoms with E-state index in [1.807, 2.05) is 39.3 Å². The van der Waals surface area contributed by atoms with Crippen molar-refractivity contribution in [3.8, 4) is 0 Å². The molecule has 0 aliphatic heterocycles. The zero-order valence-corrected chi connectivity index (χ0v) is 26.5. The Balaban J connectivity index is 0. The number of hydrogen-bond donors (Lipinski definition) is 0.